The van der Waals surface area contributed by atoms with Crippen molar-refractivity contribution in [3.05, 3.63) is 58.9 Å². The summed E-state index contributed by atoms with van der Waals surface area (Å²) in [6.07, 6.45) is -4.51. The molecule has 0 saturated carbocycles. The van der Waals surface area contributed by atoms with E-state index in [1.165, 1.54) is 18.2 Å². The molecule has 2 aromatic carbocycles. The highest BCUT2D eigenvalue weighted by molar-refractivity contribution is 6.33. The van der Waals surface area contributed by atoms with Gasteiger partial charge in [0.25, 0.3) is 0 Å². The van der Waals surface area contributed by atoms with Crippen LogP contribution in [0.3, 0.4) is 0 Å². The van der Waals surface area contributed by atoms with Gasteiger partial charge >= 0.3 is 17.4 Å². The molecule has 0 radical (unpaired) electrons. The molecule has 1 N–H and O–H groups in total. The average molecular weight is 424 g/mol. The van der Waals surface area contributed by atoms with Crippen molar-refractivity contribution in [3.8, 4) is 11.4 Å². The number of hydrogen-bond acceptors (Lipinski definition) is 4. The monoisotopic (exact) mass is 423 g/mol. The maximum absolute atomic E-state index is 13.0. The zero-order valence-corrected chi connectivity index (χ0v) is 14.5. The second-order valence-corrected chi connectivity index (χ2v) is 6.20. The molecule has 4 nitrogen and oxygen atoms in total. The van der Waals surface area contributed by atoms with E-state index in [4.69, 9.17) is 23.2 Å². The first-order valence-electron chi connectivity index (χ1n) is 7.19. The maximum atomic E-state index is 13.0. The van der Waals surface area contributed by atoms with Gasteiger partial charge in [-0.15, -0.1) is 0 Å². The molecule has 0 bridgehead atoms. The van der Waals surface area contributed by atoms with Gasteiger partial charge in [0.1, 0.15) is 0 Å². The average Bonchev–Trinajstić information content (AvgIpc) is 3.06. The second kappa shape index (κ2) is 6.97. The molecule has 0 saturated heterocycles. The van der Waals surface area contributed by atoms with Crippen LogP contribution >= 0.6 is 23.2 Å². The molecule has 0 aliphatic heterocycles. The van der Waals surface area contributed by atoms with Crippen molar-refractivity contribution in [1.82, 2.24) is 10.1 Å². The van der Waals surface area contributed by atoms with Gasteiger partial charge in [-0.2, -0.15) is 26.9 Å². The topological polar surface area (TPSA) is 51.0 Å². The van der Waals surface area contributed by atoms with Gasteiger partial charge < -0.3 is 9.84 Å². The Kier molecular flexibility index (Phi) is 5.00. The molecule has 0 spiro atoms. The summed E-state index contributed by atoms with van der Waals surface area (Å²) >= 11 is 10.7. The highest BCUT2D eigenvalue weighted by atomic mass is 35.5. The zero-order valence-electron chi connectivity index (χ0n) is 13.0. The fourth-order valence-electron chi connectivity index (χ4n) is 2.14. The van der Waals surface area contributed by atoms with Crippen molar-refractivity contribution < 1.29 is 26.5 Å². The summed E-state index contributed by atoms with van der Waals surface area (Å²) in [4.78, 5) is 3.52. The molecule has 11 heteroatoms. The number of hydrogen-bond donors (Lipinski definition) is 1. The standard InChI is InChI=1S/C16H8Cl2F5N3O/c17-11-7-9(16(21,22)23)4-5-12(11)24-10-3-1-2-8(6-10)13-25-14(27-26-13)15(18,19)20/h1-7,24H. The molecule has 3 aromatic rings. The molecule has 3 rings (SSSR count). The van der Waals surface area contributed by atoms with E-state index in [1.54, 1.807) is 12.1 Å². The fourth-order valence-corrected chi connectivity index (χ4v) is 2.44. The molecule has 0 fully saturated rings. The van der Waals surface area contributed by atoms with Crippen LogP contribution in [0.5, 0.6) is 0 Å². The van der Waals surface area contributed by atoms with Gasteiger partial charge in [-0.3, -0.25) is 0 Å². The number of nitrogens with one attached hydrogen (secondary N) is 1. The Morgan fingerprint density at radius 3 is 2.33 bits per heavy atom. The van der Waals surface area contributed by atoms with Crippen LogP contribution in [-0.4, -0.2) is 10.1 Å². The maximum Gasteiger partial charge on any atom is 0.416 e. The Morgan fingerprint density at radius 1 is 1.00 bits per heavy atom. The minimum absolute atomic E-state index is 0.132. The summed E-state index contributed by atoms with van der Waals surface area (Å²) in [5.41, 5.74) is 0.0770. The van der Waals surface area contributed by atoms with Gasteiger partial charge in [-0.1, -0.05) is 28.9 Å². The number of anilines is 2. The highest BCUT2D eigenvalue weighted by Crippen LogP contribution is 2.35. The third-order valence-electron chi connectivity index (χ3n) is 3.36. The van der Waals surface area contributed by atoms with E-state index in [0.29, 0.717) is 11.3 Å². The number of halogens is 7. The van der Waals surface area contributed by atoms with Gasteiger partial charge in [0.05, 0.1) is 16.3 Å². The summed E-state index contributed by atoms with van der Waals surface area (Å²) in [7, 11) is 0. The van der Waals surface area contributed by atoms with E-state index < -0.39 is 23.0 Å². The van der Waals surface area contributed by atoms with E-state index in [-0.39, 0.29) is 16.5 Å². The quantitative estimate of drug-likeness (QED) is 0.387. The van der Waals surface area contributed by atoms with Gasteiger partial charge in [-0.25, -0.2) is 0 Å². The smallest absolute Gasteiger partial charge is 0.354 e. The van der Waals surface area contributed by atoms with Gasteiger partial charge in [0, 0.05) is 11.3 Å². The lowest BCUT2D eigenvalue weighted by Gasteiger charge is -2.12. The highest BCUT2D eigenvalue weighted by Gasteiger charge is 2.35. The van der Waals surface area contributed by atoms with Gasteiger partial charge in [-0.05, 0) is 41.9 Å². The van der Waals surface area contributed by atoms with E-state index in [9.17, 15) is 22.0 Å². The SMILES string of the molecule is FC(F)(F)c1ccc(Nc2cccc(-c3noc(C(F)(F)Cl)n3)c2)c(Cl)c1. The first kappa shape index (κ1) is 19.4. The molecule has 142 valence electrons. The van der Waals surface area contributed by atoms with Crippen molar-refractivity contribution in [2.75, 3.05) is 5.32 Å². The Hall–Kier alpha value is -2.39. The van der Waals surface area contributed by atoms with E-state index in [1.807, 2.05) is 0 Å². The first-order valence-corrected chi connectivity index (χ1v) is 7.95. The third kappa shape index (κ3) is 4.48. The van der Waals surface area contributed by atoms with Crippen LogP contribution in [0.1, 0.15) is 11.5 Å². The Morgan fingerprint density at radius 2 is 1.74 bits per heavy atom. The number of alkyl halides is 6. The van der Waals surface area contributed by atoms with Crippen molar-refractivity contribution >= 4 is 34.6 Å². The Labute approximate surface area is 158 Å². The predicted octanol–water partition coefficient (Wildman–Crippen LogP) is 6.44. The molecule has 0 aliphatic carbocycles. The van der Waals surface area contributed by atoms with E-state index in [0.717, 1.165) is 12.1 Å². The minimum atomic E-state index is -4.51. The largest absolute Gasteiger partial charge is 0.416 e. The molecule has 0 unspecified atom stereocenters. The van der Waals surface area contributed by atoms with Crippen LogP contribution in [0.25, 0.3) is 11.4 Å². The van der Waals surface area contributed by atoms with Crippen LogP contribution in [-0.2, 0) is 11.6 Å². The molecule has 0 amide bonds. The zero-order chi connectivity index (χ0) is 19.8. The van der Waals surface area contributed by atoms with Gasteiger partial charge in [0.2, 0.25) is 5.82 Å². The minimum Gasteiger partial charge on any atom is -0.354 e. The molecule has 1 aromatic heterocycles. The summed E-state index contributed by atoms with van der Waals surface area (Å²) in [5.74, 6) is -1.18. The number of nitrogens with zero attached hydrogens (tertiary/aromatic N) is 2. The number of aromatic nitrogens is 2. The van der Waals surface area contributed by atoms with E-state index in [2.05, 4.69) is 20.0 Å². The molecule has 1 heterocycles. The second-order valence-electron chi connectivity index (χ2n) is 5.32. The molecule has 0 atom stereocenters. The number of rotatable bonds is 4. The lowest BCUT2D eigenvalue weighted by Crippen LogP contribution is -2.05. The number of benzene rings is 2. The first-order chi connectivity index (χ1) is 12.5. The Balaban J connectivity index is 1.85. The normalized spacial score (nSPS) is 12.3. The van der Waals surface area contributed by atoms with Crippen LogP contribution in [0, 0.1) is 0 Å². The summed E-state index contributed by atoms with van der Waals surface area (Å²) in [6, 6.07) is 9.01. The predicted molar refractivity (Wildman–Crippen MR) is 89.2 cm³/mol. The van der Waals surface area contributed by atoms with Crippen molar-refractivity contribution in [2.45, 2.75) is 11.6 Å². The Bertz CT molecular complexity index is 969. The fraction of sp³-hybridized carbons (Fsp3) is 0.125. The summed E-state index contributed by atoms with van der Waals surface area (Å²) in [6.45, 7) is 0. The lowest BCUT2D eigenvalue weighted by atomic mass is 10.1. The van der Waals surface area contributed by atoms with Crippen LogP contribution in [0.15, 0.2) is 47.0 Å². The van der Waals surface area contributed by atoms with Gasteiger partial charge in [0.15, 0.2) is 0 Å². The van der Waals surface area contributed by atoms with Crippen LogP contribution < -0.4 is 5.32 Å². The van der Waals surface area contributed by atoms with Crippen LogP contribution in [0.2, 0.25) is 5.02 Å². The van der Waals surface area contributed by atoms with E-state index >= 15 is 0 Å². The van der Waals surface area contributed by atoms with Crippen molar-refractivity contribution in [3.63, 3.8) is 0 Å². The molecular weight excluding hydrogens is 416 g/mol. The molecule has 27 heavy (non-hydrogen) atoms. The molecular formula is C16H8Cl2F5N3O. The van der Waals surface area contributed by atoms with Crippen molar-refractivity contribution in [2.24, 2.45) is 0 Å². The molecule has 0 aliphatic rings. The van der Waals surface area contributed by atoms with Crippen LogP contribution in [0.4, 0.5) is 33.3 Å². The lowest BCUT2D eigenvalue weighted by molar-refractivity contribution is -0.137. The summed E-state index contributed by atoms with van der Waals surface area (Å²) < 4.78 is 68.4. The summed E-state index contributed by atoms with van der Waals surface area (Å²) in [5, 5.41) is 2.33. The third-order valence-corrected chi connectivity index (χ3v) is 3.84. The van der Waals surface area contributed by atoms with Crippen molar-refractivity contribution in [1.29, 1.82) is 0 Å².